The van der Waals surface area contributed by atoms with Crippen LogP contribution in [-0.4, -0.2) is 5.11 Å². The van der Waals surface area contributed by atoms with Gasteiger partial charge in [0.15, 0.2) is 11.6 Å². The molecule has 4 heteroatoms. The number of ether oxygens (including phenoxy) is 1. The largest absolute Gasteiger partial charge is 0.489 e. The van der Waals surface area contributed by atoms with Crippen LogP contribution in [-0.2, 0) is 13.2 Å². The zero-order valence-corrected chi connectivity index (χ0v) is 9.57. The predicted molar refractivity (Wildman–Crippen MR) is 63.1 cm³/mol. The molecule has 0 saturated carbocycles. The number of aliphatic hydroxyl groups is 1. The molecule has 0 amide bonds. The van der Waals surface area contributed by atoms with E-state index in [4.69, 9.17) is 9.84 Å². The lowest BCUT2D eigenvalue weighted by atomic mass is 10.2. The molecular weight excluding hydrogens is 238 g/mol. The third-order valence-electron chi connectivity index (χ3n) is 2.47. The van der Waals surface area contributed by atoms with Crippen LogP contribution >= 0.6 is 0 Å². The van der Waals surface area contributed by atoms with Crippen molar-refractivity contribution < 1.29 is 18.6 Å². The lowest BCUT2D eigenvalue weighted by Crippen LogP contribution is -1.97. The maximum absolute atomic E-state index is 13.0. The van der Waals surface area contributed by atoms with Crippen molar-refractivity contribution in [2.75, 3.05) is 0 Å². The van der Waals surface area contributed by atoms with E-state index in [1.54, 1.807) is 24.3 Å². The molecule has 0 heterocycles. The first-order valence-electron chi connectivity index (χ1n) is 5.45. The van der Waals surface area contributed by atoms with Crippen LogP contribution in [0.2, 0.25) is 0 Å². The first kappa shape index (κ1) is 12.5. The van der Waals surface area contributed by atoms with Gasteiger partial charge >= 0.3 is 0 Å². The van der Waals surface area contributed by atoms with Crippen molar-refractivity contribution in [3.05, 3.63) is 65.2 Å². The second-order valence-corrected chi connectivity index (χ2v) is 3.84. The van der Waals surface area contributed by atoms with Crippen molar-refractivity contribution in [3.63, 3.8) is 0 Å². The minimum atomic E-state index is -0.889. The fourth-order valence-electron chi connectivity index (χ4n) is 1.53. The summed E-state index contributed by atoms with van der Waals surface area (Å²) in [4.78, 5) is 0. The Hall–Kier alpha value is -1.94. The van der Waals surface area contributed by atoms with Crippen molar-refractivity contribution >= 4 is 0 Å². The van der Waals surface area contributed by atoms with E-state index in [2.05, 4.69) is 0 Å². The highest BCUT2D eigenvalue weighted by atomic mass is 19.2. The maximum Gasteiger partial charge on any atom is 0.159 e. The Bertz CT molecular complexity index is 541. The number of hydrogen-bond donors (Lipinski definition) is 1. The maximum atomic E-state index is 13.0. The molecule has 0 saturated heterocycles. The molecule has 0 aliphatic heterocycles. The summed E-state index contributed by atoms with van der Waals surface area (Å²) >= 11 is 0. The Labute approximate surface area is 103 Å². The quantitative estimate of drug-likeness (QED) is 0.903. The second kappa shape index (κ2) is 5.60. The Morgan fingerprint density at radius 1 is 0.944 bits per heavy atom. The SMILES string of the molecule is OCc1cccc(OCc2ccc(F)c(F)c2)c1. The van der Waals surface area contributed by atoms with Gasteiger partial charge in [-0.05, 0) is 35.4 Å². The lowest BCUT2D eigenvalue weighted by Gasteiger charge is -2.07. The van der Waals surface area contributed by atoms with Crippen LogP contribution in [0, 0.1) is 11.6 Å². The van der Waals surface area contributed by atoms with E-state index in [9.17, 15) is 8.78 Å². The van der Waals surface area contributed by atoms with Gasteiger partial charge in [-0.2, -0.15) is 0 Å². The summed E-state index contributed by atoms with van der Waals surface area (Å²) in [5, 5.41) is 8.97. The molecule has 0 radical (unpaired) electrons. The van der Waals surface area contributed by atoms with Crippen LogP contribution in [0.4, 0.5) is 8.78 Å². The smallest absolute Gasteiger partial charge is 0.159 e. The first-order valence-corrected chi connectivity index (χ1v) is 5.45. The molecule has 1 N–H and O–H groups in total. The summed E-state index contributed by atoms with van der Waals surface area (Å²) < 4.78 is 31.1. The standard InChI is InChI=1S/C14H12F2O2/c15-13-5-4-11(7-14(13)16)9-18-12-3-1-2-10(6-12)8-17/h1-7,17H,8-9H2. The third kappa shape index (κ3) is 3.05. The fraction of sp³-hybridized carbons (Fsp3) is 0.143. The average Bonchev–Trinajstić information content (AvgIpc) is 2.40. The Kier molecular flexibility index (Phi) is 3.89. The van der Waals surface area contributed by atoms with Crippen molar-refractivity contribution in [1.29, 1.82) is 0 Å². The minimum absolute atomic E-state index is 0.0671. The van der Waals surface area contributed by atoms with E-state index in [1.165, 1.54) is 6.07 Å². The monoisotopic (exact) mass is 250 g/mol. The third-order valence-corrected chi connectivity index (χ3v) is 2.47. The summed E-state index contributed by atoms with van der Waals surface area (Å²) in [6.07, 6.45) is 0. The molecule has 0 aliphatic rings. The Morgan fingerprint density at radius 2 is 1.78 bits per heavy atom. The van der Waals surface area contributed by atoms with Gasteiger partial charge in [0.1, 0.15) is 12.4 Å². The molecule has 2 nitrogen and oxygen atoms in total. The fourth-order valence-corrected chi connectivity index (χ4v) is 1.53. The highest BCUT2D eigenvalue weighted by molar-refractivity contribution is 5.28. The molecular formula is C14H12F2O2. The van der Waals surface area contributed by atoms with E-state index in [0.29, 0.717) is 11.3 Å². The highest BCUT2D eigenvalue weighted by Gasteiger charge is 2.03. The van der Waals surface area contributed by atoms with Crippen molar-refractivity contribution in [1.82, 2.24) is 0 Å². The molecule has 0 spiro atoms. The molecule has 0 aliphatic carbocycles. The van der Waals surface area contributed by atoms with Gasteiger partial charge in [-0.15, -0.1) is 0 Å². The van der Waals surface area contributed by atoms with Gasteiger partial charge in [0.25, 0.3) is 0 Å². The minimum Gasteiger partial charge on any atom is -0.489 e. The topological polar surface area (TPSA) is 29.5 Å². The normalized spacial score (nSPS) is 10.4. The zero-order chi connectivity index (χ0) is 13.0. The van der Waals surface area contributed by atoms with Gasteiger partial charge in [0.2, 0.25) is 0 Å². The second-order valence-electron chi connectivity index (χ2n) is 3.84. The van der Waals surface area contributed by atoms with Crippen LogP contribution in [0.3, 0.4) is 0 Å². The molecule has 2 aromatic carbocycles. The van der Waals surface area contributed by atoms with Crippen LogP contribution < -0.4 is 4.74 Å². The van der Waals surface area contributed by atoms with Crippen LogP contribution in [0.25, 0.3) is 0 Å². The van der Waals surface area contributed by atoms with Gasteiger partial charge in [-0.25, -0.2) is 8.78 Å². The van der Waals surface area contributed by atoms with Gasteiger partial charge < -0.3 is 9.84 Å². The summed E-state index contributed by atoms with van der Waals surface area (Å²) in [7, 11) is 0. The van der Waals surface area contributed by atoms with Crippen molar-refractivity contribution in [2.45, 2.75) is 13.2 Å². The Morgan fingerprint density at radius 3 is 2.50 bits per heavy atom. The number of aliphatic hydroxyl groups excluding tert-OH is 1. The van der Waals surface area contributed by atoms with Crippen LogP contribution in [0.1, 0.15) is 11.1 Å². The summed E-state index contributed by atoms with van der Waals surface area (Å²) in [6.45, 7) is 0.0778. The zero-order valence-electron chi connectivity index (χ0n) is 9.57. The van der Waals surface area contributed by atoms with Crippen molar-refractivity contribution in [3.8, 4) is 5.75 Å². The van der Waals surface area contributed by atoms with Crippen LogP contribution in [0.15, 0.2) is 42.5 Å². The number of halogens is 2. The molecule has 0 unspecified atom stereocenters. The number of benzene rings is 2. The van der Waals surface area contributed by atoms with E-state index in [1.807, 2.05) is 0 Å². The Balaban J connectivity index is 2.04. The number of rotatable bonds is 4. The van der Waals surface area contributed by atoms with Crippen molar-refractivity contribution in [2.24, 2.45) is 0 Å². The summed E-state index contributed by atoms with van der Waals surface area (Å²) in [6, 6.07) is 10.6. The highest BCUT2D eigenvalue weighted by Crippen LogP contribution is 2.16. The summed E-state index contributed by atoms with van der Waals surface area (Å²) in [5.74, 6) is -1.19. The molecule has 18 heavy (non-hydrogen) atoms. The van der Waals surface area contributed by atoms with E-state index in [-0.39, 0.29) is 13.2 Å². The molecule has 0 bridgehead atoms. The van der Waals surface area contributed by atoms with Gasteiger partial charge in [-0.3, -0.25) is 0 Å². The molecule has 0 aromatic heterocycles. The summed E-state index contributed by atoms with van der Waals surface area (Å²) in [5.41, 5.74) is 1.28. The molecule has 2 rings (SSSR count). The number of hydrogen-bond acceptors (Lipinski definition) is 2. The van der Waals surface area contributed by atoms with Gasteiger partial charge in [0, 0.05) is 0 Å². The lowest BCUT2D eigenvalue weighted by molar-refractivity contribution is 0.278. The molecule has 2 aromatic rings. The van der Waals surface area contributed by atoms with Crippen LogP contribution in [0.5, 0.6) is 5.75 Å². The predicted octanol–water partition coefficient (Wildman–Crippen LogP) is 3.04. The van der Waals surface area contributed by atoms with E-state index < -0.39 is 11.6 Å². The molecule has 0 fully saturated rings. The van der Waals surface area contributed by atoms with Gasteiger partial charge in [0.05, 0.1) is 6.61 Å². The first-order chi connectivity index (χ1) is 8.69. The molecule has 94 valence electrons. The van der Waals surface area contributed by atoms with Gasteiger partial charge in [-0.1, -0.05) is 18.2 Å². The van der Waals surface area contributed by atoms with E-state index >= 15 is 0 Å². The molecule has 0 atom stereocenters. The van der Waals surface area contributed by atoms with E-state index in [0.717, 1.165) is 17.7 Å². The average molecular weight is 250 g/mol.